The minimum Gasteiger partial charge on any atom is -0.461 e. The van der Waals surface area contributed by atoms with Gasteiger partial charge in [0.05, 0.1) is 18.8 Å². The molecule has 2 heterocycles. The number of nitrogens with one attached hydrogen (secondary N) is 1. The van der Waals surface area contributed by atoms with Gasteiger partial charge in [-0.3, -0.25) is 4.68 Å². The fourth-order valence-electron chi connectivity index (χ4n) is 3.66. The summed E-state index contributed by atoms with van der Waals surface area (Å²) in [4.78, 5) is 15.0. The Morgan fingerprint density at radius 3 is 2.88 bits per heavy atom. The number of aromatic amines is 1. The van der Waals surface area contributed by atoms with Crippen LogP contribution in [0.4, 0.5) is 0 Å². The molecular formula is C20H23N3O2. The lowest BCUT2D eigenvalue weighted by Crippen LogP contribution is -2.12. The first kappa shape index (κ1) is 15.9. The predicted molar refractivity (Wildman–Crippen MR) is 97.6 cm³/mol. The summed E-state index contributed by atoms with van der Waals surface area (Å²) in [6.07, 6.45) is 10.5. The topological polar surface area (TPSA) is 59.9 Å². The third kappa shape index (κ3) is 3.18. The first-order valence-corrected chi connectivity index (χ1v) is 9.09. The van der Waals surface area contributed by atoms with Crippen LogP contribution in [-0.2, 0) is 4.74 Å². The average molecular weight is 337 g/mol. The molecule has 5 heteroatoms. The van der Waals surface area contributed by atoms with Crippen LogP contribution in [0.25, 0.3) is 22.0 Å². The number of esters is 1. The van der Waals surface area contributed by atoms with Crippen LogP contribution >= 0.6 is 0 Å². The van der Waals surface area contributed by atoms with Gasteiger partial charge in [0.25, 0.3) is 0 Å². The van der Waals surface area contributed by atoms with Crippen LogP contribution in [0.15, 0.2) is 36.7 Å². The molecule has 5 nitrogen and oxygen atoms in total. The first-order chi connectivity index (χ1) is 12.2. The van der Waals surface area contributed by atoms with E-state index in [-0.39, 0.29) is 5.97 Å². The van der Waals surface area contributed by atoms with Crippen LogP contribution < -0.4 is 0 Å². The molecule has 0 bridgehead atoms. The molecule has 2 aromatic heterocycles. The van der Waals surface area contributed by atoms with E-state index in [4.69, 9.17) is 4.74 Å². The number of carbonyl (C=O) groups excluding carboxylic acids is 1. The van der Waals surface area contributed by atoms with Gasteiger partial charge in [0, 0.05) is 22.7 Å². The normalized spacial score (nSPS) is 15.6. The van der Waals surface area contributed by atoms with E-state index in [0.29, 0.717) is 18.3 Å². The van der Waals surface area contributed by atoms with E-state index in [1.54, 1.807) is 0 Å². The zero-order valence-electron chi connectivity index (χ0n) is 14.5. The largest absolute Gasteiger partial charge is 0.461 e. The minimum atomic E-state index is -0.314. The standard InChI is InChI=1S/C20H23N3O2/c1-2-25-20(24)19-11-15-10-14(8-9-18(15)22-19)16-12-21-23(13-16)17-6-4-3-5-7-17/h8-13,17,22H,2-7H2,1H3. The van der Waals surface area contributed by atoms with E-state index in [1.165, 1.54) is 32.1 Å². The van der Waals surface area contributed by atoms with Crippen LogP contribution in [0, 0.1) is 0 Å². The summed E-state index contributed by atoms with van der Waals surface area (Å²) in [7, 11) is 0. The molecule has 1 saturated carbocycles. The van der Waals surface area contributed by atoms with Crippen molar-refractivity contribution in [3.63, 3.8) is 0 Å². The molecule has 0 saturated heterocycles. The van der Waals surface area contributed by atoms with Gasteiger partial charge in [-0.2, -0.15) is 5.10 Å². The van der Waals surface area contributed by atoms with Crippen molar-refractivity contribution in [2.24, 2.45) is 0 Å². The van der Waals surface area contributed by atoms with E-state index in [2.05, 4.69) is 33.1 Å². The van der Waals surface area contributed by atoms with Crippen molar-refractivity contribution in [1.82, 2.24) is 14.8 Å². The van der Waals surface area contributed by atoms with Crippen molar-refractivity contribution in [2.75, 3.05) is 6.61 Å². The molecule has 1 N–H and O–H groups in total. The predicted octanol–water partition coefficient (Wildman–Crippen LogP) is 4.71. The molecule has 1 aliphatic rings. The van der Waals surface area contributed by atoms with Crippen molar-refractivity contribution in [3.05, 3.63) is 42.4 Å². The molecular weight excluding hydrogens is 314 g/mol. The summed E-state index contributed by atoms with van der Waals surface area (Å²) in [5, 5.41) is 5.59. The highest BCUT2D eigenvalue weighted by Gasteiger charge is 2.17. The molecule has 130 valence electrons. The molecule has 0 unspecified atom stereocenters. The maximum atomic E-state index is 11.9. The summed E-state index contributed by atoms with van der Waals surface area (Å²) in [5.41, 5.74) is 3.66. The number of rotatable bonds is 4. The number of hydrogen-bond acceptors (Lipinski definition) is 3. The Morgan fingerprint density at radius 1 is 1.24 bits per heavy atom. The Morgan fingerprint density at radius 2 is 2.08 bits per heavy atom. The second-order valence-corrected chi connectivity index (χ2v) is 6.71. The molecule has 0 aliphatic heterocycles. The summed E-state index contributed by atoms with van der Waals surface area (Å²) in [5.74, 6) is -0.314. The van der Waals surface area contributed by atoms with Crippen molar-refractivity contribution in [1.29, 1.82) is 0 Å². The summed E-state index contributed by atoms with van der Waals surface area (Å²) < 4.78 is 7.18. The average Bonchev–Trinajstić information content (AvgIpc) is 3.29. The van der Waals surface area contributed by atoms with Crippen molar-refractivity contribution in [2.45, 2.75) is 45.1 Å². The summed E-state index contributed by atoms with van der Waals surface area (Å²) in [6.45, 7) is 2.18. The number of aromatic nitrogens is 3. The minimum absolute atomic E-state index is 0.314. The van der Waals surface area contributed by atoms with Gasteiger partial charge in [0.15, 0.2) is 0 Å². The Hall–Kier alpha value is -2.56. The number of ether oxygens (including phenoxy) is 1. The van der Waals surface area contributed by atoms with Gasteiger partial charge in [-0.15, -0.1) is 0 Å². The van der Waals surface area contributed by atoms with Crippen molar-refractivity contribution < 1.29 is 9.53 Å². The summed E-state index contributed by atoms with van der Waals surface area (Å²) in [6, 6.07) is 8.55. The summed E-state index contributed by atoms with van der Waals surface area (Å²) >= 11 is 0. The Bertz CT molecular complexity index is 887. The van der Waals surface area contributed by atoms with E-state index in [0.717, 1.165) is 22.0 Å². The van der Waals surface area contributed by atoms with E-state index < -0.39 is 0 Å². The monoisotopic (exact) mass is 337 g/mol. The van der Waals surface area contributed by atoms with Crippen LogP contribution in [0.1, 0.15) is 55.6 Å². The van der Waals surface area contributed by atoms with Gasteiger partial charge in [-0.1, -0.05) is 25.3 Å². The van der Waals surface area contributed by atoms with E-state index in [9.17, 15) is 4.79 Å². The van der Waals surface area contributed by atoms with Crippen LogP contribution in [0.2, 0.25) is 0 Å². The Kier molecular flexibility index (Phi) is 4.30. The number of benzene rings is 1. The number of carbonyl (C=O) groups is 1. The van der Waals surface area contributed by atoms with Crippen LogP contribution in [0.3, 0.4) is 0 Å². The molecule has 0 spiro atoms. The number of H-pyrrole nitrogens is 1. The fraction of sp³-hybridized carbons (Fsp3) is 0.400. The first-order valence-electron chi connectivity index (χ1n) is 9.09. The number of hydrogen-bond donors (Lipinski definition) is 1. The van der Waals surface area contributed by atoms with Crippen molar-refractivity contribution in [3.8, 4) is 11.1 Å². The lowest BCUT2D eigenvalue weighted by atomic mass is 9.96. The lowest BCUT2D eigenvalue weighted by molar-refractivity contribution is 0.0520. The maximum Gasteiger partial charge on any atom is 0.354 e. The number of nitrogens with zero attached hydrogens (tertiary/aromatic N) is 2. The van der Waals surface area contributed by atoms with Gasteiger partial charge >= 0.3 is 5.97 Å². The Balaban J connectivity index is 1.61. The molecule has 4 rings (SSSR count). The van der Waals surface area contributed by atoms with Crippen molar-refractivity contribution >= 4 is 16.9 Å². The molecule has 0 radical (unpaired) electrons. The smallest absolute Gasteiger partial charge is 0.354 e. The molecule has 0 amide bonds. The molecule has 0 atom stereocenters. The molecule has 25 heavy (non-hydrogen) atoms. The van der Waals surface area contributed by atoms with Crippen LogP contribution in [-0.4, -0.2) is 27.3 Å². The van der Waals surface area contributed by atoms with E-state index >= 15 is 0 Å². The lowest BCUT2D eigenvalue weighted by Gasteiger charge is -2.21. The quantitative estimate of drug-likeness (QED) is 0.701. The zero-order chi connectivity index (χ0) is 17.2. The Labute approximate surface area is 147 Å². The molecule has 3 aromatic rings. The highest BCUT2D eigenvalue weighted by Crippen LogP contribution is 2.30. The third-order valence-electron chi connectivity index (χ3n) is 5.00. The SMILES string of the molecule is CCOC(=O)c1cc2cc(-c3cnn(C4CCCCC4)c3)ccc2[nH]1. The van der Waals surface area contributed by atoms with Gasteiger partial charge in [-0.25, -0.2) is 4.79 Å². The second-order valence-electron chi connectivity index (χ2n) is 6.71. The molecule has 1 fully saturated rings. The fourth-order valence-corrected chi connectivity index (χ4v) is 3.66. The van der Waals surface area contributed by atoms with Gasteiger partial charge < -0.3 is 9.72 Å². The third-order valence-corrected chi connectivity index (χ3v) is 5.00. The molecule has 1 aromatic carbocycles. The molecule has 1 aliphatic carbocycles. The number of fused-ring (bicyclic) bond motifs is 1. The van der Waals surface area contributed by atoms with Gasteiger partial charge in [0.2, 0.25) is 0 Å². The maximum absolute atomic E-state index is 11.9. The van der Waals surface area contributed by atoms with E-state index in [1.807, 2.05) is 25.3 Å². The van der Waals surface area contributed by atoms with Gasteiger partial charge in [-0.05, 0) is 43.5 Å². The highest BCUT2D eigenvalue weighted by atomic mass is 16.5. The highest BCUT2D eigenvalue weighted by molar-refractivity contribution is 5.96. The van der Waals surface area contributed by atoms with Crippen LogP contribution in [0.5, 0.6) is 0 Å². The zero-order valence-corrected chi connectivity index (χ0v) is 14.5. The second kappa shape index (κ2) is 6.75. The van der Waals surface area contributed by atoms with Gasteiger partial charge in [0.1, 0.15) is 5.69 Å².